The van der Waals surface area contributed by atoms with Crippen LogP contribution >= 0.6 is 11.6 Å². The highest BCUT2D eigenvalue weighted by Gasteiger charge is 2.29. The van der Waals surface area contributed by atoms with Gasteiger partial charge in [-0.3, -0.25) is 13.9 Å². The maximum atomic E-state index is 13.4. The van der Waals surface area contributed by atoms with Crippen LogP contribution in [0.15, 0.2) is 48.5 Å². The second kappa shape index (κ2) is 13.3. The van der Waals surface area contributed by atoms with Crippen LogP contribution in [0.1, 0.15) is 38.7 Å². The molecule has 35 heavy (non-hydrogen) atoms. The van der Waals surface area contributed by atoms with E-state index in [-0.39, 0.29) is 37.7 Å². The number of hydrogen-bond acceptors (Lipinski definition) is 5. The van der Waals surface area contributed by atoms with Crippen LogP contribution in [0.3, 0.4) is 0 Å². The van der Waals surface area contributed by atoms with Gasteiger partial charge in [0, 0.05) is 31.1 Å². The summed E-state index contributed by atoms with van der Waals surface area (Å²) in [6.45, 7) is 4.38. The zero-order chi connectivity index (χ0) is 26.0. The third-order valence-corrected chi connectivity index (χ3v) is 7.09. The van der Waals surface area contributed by atoms with Crippen molar-refractivity contribution in [3.63, 3.8) is 0 Å². The van der Waals surface area contributed by atoms with Gasteiger partial charge in [-0.05, 0) is 43.5 Å². The van der Waals surface area contributed by atoms with Crippen molar-refractivity contribution in [1.82, 2.24) is 10.2 Å². The Hall–Kier alpha value is -2.78. The number of nitrogens with zero attached hydrogens (tertiary/aromatic N) is 2. The summed E-state index contributed by atoms with van der Waals surface area (Å²) in [4.78, 5) is 27.6. The summed E-state index contributed by atoms with van der Waals surface area (Å²) in [7, 11) is -2.14. The topological polar surface area (TPSA) is 96.0 Å². The Morgan fingerprint density at radius 2 is 1.74 bits per heavy atom. The third kappa shape index (κ3) is 7.86. The van der Waals surface area contributed by atoms with E-state index < -0.39 is 16.1 Å². The molecule has 0 aliphatic rings. The number of carbonyl (C=O) groups excluding carboxylic acids is 2. The van der Waals surface area contributed by atoms with Crippen LogP contribution in [0.4, 0.5) is 5.69 Å². The van der Waals surface area contributed by atoms with Crippen LogP contribution < -0.4 is 14.4 Å². The number of halogens is 1. The zero-order valence-corrected chi connectivity index (χ0v) is 22.2. The smallest absolute Gasteiger partial charge is 0.242 e. The molecule has 0 aromatic heterocycles. The van der Waals surface area contributed by atoms with Crippen LogP contribution in [0.5, 0.6) is 5.75 Å². The highest BCUT2D eigenvalue weighted by molar-refractivity contribution is 7.92. The van der Waals surface area contributed by atoms with Gasteiger partial charge < -0.3 is 15.0 Å². The number of ether oxygens (including phenoxy) is 1. The molecule has 2 amide bonds. The number of benzene rings is 2. The molecule has 0 fully saturated rings. The van der Waals surface area contributed by atoms with E-state index in [0.29, 0.717) is 29.4 Å². The van der Waals surface area contributed by atoms with Gasteiger partial charge >= 0.3 is 0 Å². The first-order valence-electron chi connectivity index (χ1n) is 11.5. The van der Waals surface area contributed by atoms with E-state index in [4.69, 9.17) is 16.3 Å². The molecule has 10 heteroatoms. The Morgan fingerprint density at radius 3 is 2.34 bits per heavy atom. The van der Waals surface area contributed by atoms with Crippen molar-refractivity contribution >= 4 is 39.1 Å². The molecule has 1 unspecified atom stereocenters. The summed E-state index contributed by atoms with van der Waals surface area (Å²) in [5, 5.41) is 3.30. The molecule has 0 aliphatic heterocycles. The second-order valence-electron chi connectivity index (χ2n) is 8.04. The van der Waals surface area contributed by atoms with Gasteiger partial charge in [0.2, 0.25) is 21.8 Å². The van der Waals surface area contributed by atoms with Crippen molar-refractivity contribution in [2.45, 2.75) is 45.7 Å². The number of rotatable bonds is 13. The maximum absolute atomic E-state index is 13.4. The molecule has 2 aromatic rings. The van der Waals surface area contributed by atoms with Crippen molar-refractivity contribution in [2.75, 3.05) is 30.8 Å². The average molecular weight is 524 g/mol. The summed E-state index contributed by atoms with van der Waals surface area (Å²) < 4.78 is 31.6. The molecule has 0 aliphatic carbocycles. The number of para-hydroxylation sites is 2. The van der Waals surface area contributed by atoms with E-state index in [9.17, 15) is 18.0 Å². The number of sulfonamides is 1. The number of methoxy groups -OCH3 is 1. The van der Waals surface area contributed by atoms with Gasteiger partial charge in [0.05, 0.1) is 19.1 Å². The quantitative estimate of drug-likeness (QED) is 0.430. The molecule has 0 bridgehead atoms. The number of anilines is 1. The summed E-state index contributed by atoms with van der Waals surface area (Å²) in [6.07, 6.45) is 1.86. The Bertz CT molecular complexity index is 1110. The SMILES string of the molecule is CCNC(=O)C(CC)N(Cc1ccccc1Cl)C(=O)CCCN(c1ccccc1OC)S(C)(=O)=O. The lowest BCUT2D eigenvalue weighted by atomic mass is 10.1. The number of hydrogen-bond donors (Lipinski definition) is 1. The fraction of sp³-hybridized carbons (Fsp3) is 0.440. The van der Waals surface area contributed by atoms with E-state index in [0.717, 1.165) is 11.8 Å². The molecule has 2 rings (SSSR count). The predicted molar refractivity (Wildman–Crippen MR) is 139 cm³/mol. The molecule has 8 nitrogen and oxygen atoms in total. The second-order valence-corrected chi connectivity index (χ2v) is 10.4. The van der Waals surface area contributed by atoms with Crippen LogP contribution in [0.25, 0.3) is 0 Å². The van der Waals surface area contributed by atoms with E-state index in [2.05, 4.69) is 5.32 Å². The monoisotopic (exact) mass is 523 g/mol. The lowest BCUT2D eigenvalue weighted by Crippen LogP contribution is -2.49. The first kappa shape index (κ1) is 28.5. The molecular weight excluding hydrogens is 490 g/mol. The molecule has 0 saturated heterocycles. The molecule has 192 valence electrons. The minimum absolute atomic E-state index is 0.0571. The Labute approximate surface area is 213 Å². The minimum Gasteiger partial charge on any atom is -0.495 e. The lowest BCUT2D eigenvalue weighted by Gasteiger charge is -2.31. The van der Waals surface area contributed by atoms with Crippen LogP contribution in [0, 0.1) is 0 Å². The molecule has 0 heterocycles. The molecular formula is C25H34ClN3O5S. The normalized spacial score (nSPS) is 12.0. The third-order valence-electron chi connectivity index (χ3n) is 5.54. The van der Waals surface area contributed by atoms with Crippen molar-refractivity contribution in [3.8, 4) is 5.75 Å². The van der Waals surface area contributed by atoms with Crippen LogP contribution in [-0.2, 0) is 26.2 Å². The van der Waals surface area contributed by atoms with Gasteiger partial charge in [-0.25, -0.2) is 8.42 Å². The summed E-state index contributed by atoms with van der Waals surface area (Å²) in [6, 6.07) is 13.3. The summed E-state index contributed by atoms with van der Waals surface area (Å²) in [5.41, 5.74) is 1.14. The first-order chi connectivity index (χ1) is 16.6. The van der Waals surface area contributed by atoms with E-state index in [1.54, 1.807) is 36.4 Å². The van der Waals surface area contributed by atoms with Crippen molar-refractivity contribution in [3.05, 3.63) is 59.1 Å². The fourth-order valence-corrected chi connectivity index (χ4v) is 5.00. The van der Waals surface area contributed by atoms with Gasteiger partial charge in [0.15, 0.2) is 0 Å². The minimum atomic E-state index is -3.62. The molecule has 0 spiro atoms. The van der Waals surface area contributed by atoms with Crippen LogP contribution in [0.2, 0.25) is 5.02 Å². The van der Waals surface area contributed by atoms with Crippen LogP contribution in [-0.4, -0.2) is 57.6 Å². The van der Waals surface area contributed by atoms with Gasteiger partial charge in [-0.2, -0.15) is 0 Å². The molecule has 0 saturated carbocycles. The number of amides is 2. The van der Waals surface area contributed by atoms with Gasteiger partial charge in [0.25, 0.3) is 0 Å². The number of nitrogens with one attached hydrogen (secondary N) is 1. The van der Waals surface area contributed by atoms with E-state index >= 15 is 0 Å². The largest absolute Gasteiger partial charge is 0.495 e. The molecule has 0 radical (unpaired) electrons. The average Bonchev–Trinajstić information content (AvgIpc) is 2.82. The van der Waals surface area contributed by atoms with Crippen molar-refractivity contribution in [2.24, 2.45) is 0 Å². The molecule has 1 N–H and O–H groups in total. The fourth-order valence-electron chi connectivity index (χ4n) is 3.84. The van der Waals surface area contributed by atoms with Crippen molar-refractivity contribution in [1.29, 1.82) is 0 Å². The molecule has 2 aromatic carbocycles. The first-order valence-corrected chi connectivity index (χ1v) is 13.8. The maximum Gasteiger partial charge on any atom is 0.242 e. The Balaban J connectivity index is 2.24. The van der Waals surface area contributed by atoms with Gasteiger partial charge in [0.1, 0.15) is 11.8 Å². The predicted octanol–water partition coefficient (Wildman–Crippen LogP) is 3.84. The lowest BCUT2D eigenvalue weighted by molar-refractivity contribution is -0.141. The standard InChI is InChI=1S/C25H34ClN3O5S/c1-5-21(25(31)27-6-2)28(18-19-12-7-8-13-20(19)26)24(30)16-11-17-29(35(4,32)33)22-14-9-10-15-23(22)34-3/h7-10,12-15,21H,5-6,11,16-18H2,1-4H3,(H,27,31). The van der Waals surface area contributed by atoms with Crippen molar-refractivity contribution < 1.29 is 22.7 Å². The molecule has 1 atom stereocenters. The highest BCUT2D eigenvalue weighted by atomic mass is 35.5. The highest BCUT2D eigenvalue weighted by Crippen LogP contribution is 2.30. The Kier molecular flexibility index (Phi) is 10.9. The van der Waals surface area contributed by atoms with Gasteiger partial charge in [-0.15, -0.1) is 0 Å². The number of likely N-dealkylation sites (N-methyl/N-ethyl adjacent to an activating group) is 1. The summed E-state index contributed by atoms with van der Waals surface area (Å²) in [5.74, 6) is -0.0643. The summed E-state index contributed by atoms with van der Waals surface area (Å²) >= 11 is 6.33. The van der Waals surface area contributed by atoms with E-state index in [1.807, 2.05) is 26.0 Å². The Morgan fingerprint density at radius 1 is 1.09 bits per heavy atom. The number of carbonyl (C=O) groups is 2. The zero-order valence-electron chi connectivity index (χ0n) is 20.7. The van der Waals surface area contributed by atoms with Gasteiger partial charge in [-0.1, -0.05) is 48.9 Å². The van der Waals surface area contributed by atoms with E-state index in [1.165, 1.54) is 16.3 Å².